The van der Waals surface area contributed by atoms with Gasteiger partial charge in [0, 0.05) is 24.4 Å². The van der Waals surface area contributed by atoms with E-state index < -0.39 is 6.04 Å². The fourth-order valence-electron chi connectivity index (χ4n) is 2.19. The molecule has 0 bridgehead atoms. The Kier molecular flexibility index (Phi) is 2.78. The molecule has 0 spiro atoms. The number of anilines is 1. The zero-order chi connectivity index (χ0) is 13.6. The van der Waals surface area contributed by atoms with Crippen LogP contribution in [-0.4, -0.2) is 30.3 Å². The van der Waals surface area contributed by atoms with Crippen LogP contribution < -0.4 is 20.5 Å². The first-order valence-electron chi connectivity index (χ1n) is 5.74. The Morgan fingerprint density at radius 3 is 3.05 bits per heavy atom. The minimum absolute atomic E-state index is 0.134. The third kappa shape index (κ3) is 1.90. The van der Waals surface area contributed by atoms with Crippen LogP contribution in [0.3, 0.4) is 0 Å². The lowest BCUT2D eigenvalue weighted by atomic mass is 10.0. The summed E-state index contributed by atoms with van der Waals surface area (Å²) in [7, 11) is 0. The number of hydrogen-bond acceptors (Lipinski definition) is 6. The Morgan fingerprint density at radius 2 is 2.32 bits per heavy atom. The molecule has 2 aliphatic heterocycles. The van der Waals surface area contributed by atoms with Gasteiger partial charge in [-0.15, -0.1) is 11.8 Å². The Hall–Kier alpha value is -1.89. The number of nitrogens with one attached hydrogen (secondary N) is 1. The van der Waals surface area contributed by atoms with Gasteiger partial charge in [0.05, 0.1) is 10.5 Å². The highest BCUT2D eigenvalue weighted by molar-refractivity contribution is 7.99. The number of carbonyl (C=O) groups is 2. The molecular weight excluding hydrogens is 268 g/mol. The van der Waals surface area contributed by atoms with Crippen molar-refractivity contribution < 1.29 is 19.1 Å². The molecule has 0 radical (unpaired) electrons. The fraction of sp³-hybridized carbons (Fsp3) is 0.333. The van der Waals surface area contributed by atoms with Crippen molar-refractivity contribution in [2.45, 2.75) is 17.9 Å². The van der Waals surface area contributed by atoms with Crippen LogP contribution in [0.5, 0.6) is 11.5 Å². The number of nitrogen functional groups attached to an aromatic ring is 1. The lowest BCUT2D eigenvalue weighted by Crippen LogP contribution is -2.43. The van der Waals surface area contributed by atoms with E-state index in [1.807, 2.05) is 0 Å². The van der Waals surface area contributed by atoms with Gasteiger partial charge in [0.2, 0.25) is 12.7 Å². The number of hydrogen-bond donors (Lipinski definition) is 2. The molecule has 0 aliphatic carbocycles. The Labute approximate surface area is 113 Å². The van der Waals surface area contributed by atoms with Crippen molar-refractivity contribution in [3.05, 3.63) is 11.6 Å². The smallest absolute Gasteiger partial charge is 0.231 e. The van der Waals surface area contributed by atoms with Gasteiger partial charge in [0.15, 0.2) is 17.3 Å². The van der Waals surface area contributed by atoms with Crippen molar-refractivity contribution in [1.29, 1.82) is 0 Å². The number of ether oxygens (including phenoxy) is 2. The molecule has 2 aliphatic rings. The van der Waals surface area contributed by atoms with E-state index in [2.05, 4.69) is 5.32 Å². The second-order valence-corrected chi connectivity index (χ2v) is 5.36. The molecule has 3 rings (SSSR count). The highest BCUT2D eigenvalue weighted by Gasteiger charge is 2.35. The zero-order valence-electron chi connectivity index (χ0n) is 10.2. The largest absolute Gasteiger partial charge is 0.453 e. The molecule has 1 unspecified atom stereocenters. The minimum Gasteiger partial charge on any atom is -0.453 e. The predicted octanol–water partition coefficient (Wildman–Crippen LogP) is 0.791. The van der Waals surface area contributed by atoms with E-state index in [-0.39, 0.29) is 18.5 Å². The summed E-state index contributed by atoms with van der Waals surface area (Å²) in [6.45, 7) is 1.52. The molecule has 3 N–H and O–H groups in total. The quantitative estimate of drug-likeness (QED) is 0.739. The van der Waals surface area contributed by atoms with Crippen molar-refractivity contribution >= 4 is 29.1 Å². The van der Waals surface area contributed by atoms with E-state index in [0.717, 1.165) is 0 Å². The van der Waals surface area contributed by atoms with Gasteiger partial charge in [0.25, 0.3) is 0 Å². The lowest BCUT2D eigenvalue weighted by Gasteiger charge is -2.25. The molecule has 0 fully saturated rings. The second-order valence-electron chi connectivity index (χ2n) is 4.33. The summed E-state index contributed by atoms with van der Waals surface area (Å²) in [6, 6.07) is 1.05. The monoisotopic (exact) mass is 280 g/mol. The SMILES string of the molecule is CC(=O)NC1CSc2c3c(cc(N)c2C1=O)OCO3. The van der Waals surface area contributed by atoms with Crippen molar-refractivity contribution in [2.75, 3.05) is 18.3 Å². The van der Waals surface area contributed by atoms with Gasteiger partial charge in [-0.3, -0.25) is 9.59 Å². The molecule has 0 saturated heterocycles. The standard InChI is InChI=1S/C12H12N2O4S/c1-5(15)14-7-3-19-12-9(10(7)16)6(13)2-8-11(12)18-4-17-8/h2,7H,3-4,13H2,1H3,(H,14,15). The summed E-state index contributed by atoms with van der Waals surface area (Å²) in [6.07, 6.45) is 0. The normalized spacial score (nSPS) is 20.1. The van der Waals surface area contributed by atoms with Crippen LogP contribution in [0.4, 0.5) is 5.69 Å². The maximum Gasteiger partial charge on any atom is 0.231 e. The molecule has 1 aromatic rings. The van der Waals surface area contributed by atoms with Crippen LogP contribution in [-0.2, 0) is 4.79 Å². The maximum atomic E-state index is 12.4. The summed E-state index contributed by atoms with van der Waals surface area (Å²) in [5.74, 6) is 1.19. The molecular formula is C12H12N2O4S. The van der Waals surface area contributed by atoms with Gasteiger partial charge in [-0.2, -0.15) is 0 Å². The van der Waals surface area contributed by atoms with E-state index >= 15 is 0 Å². The number of Topliss-reactive ketones (excluding diaryl/α,β-unsaturated/α-hetero) is 1. The van der Waals surface area contributed by atoms with E-state index in [1.165, 1.54) is 18.7 Å². The molecule has 2 heterocycles. The van der Waals surface area contributed by atoms with Gasteiger partial charge in [0.1, 0.15) is 6.04 Å². The van der Waals surface area contributed by atoms with Crippen molar-refractivity contribution in [2.24, 2.45) is 0 Å². The molecule has 0 saturated carbocycles. The fourth-order valence-corrected chi connectivity index (χ4v) is 3.41. The van der Waals surface area contributed by atoms with Crippen molar-refractivity contribution in [3.8, 4) is 11.5 Å². The van der Waals surface area contributed by atoms with E-state index in [1.54, 1.807) is 6.07 Å². The van der Waals surface area contributed by atoms with Gasteiger partial charge in [-0.25, -0.2) is 0 Å². The number of fused-ring (bicyclic) bond motifs is 3. The number of nitrogens with two attached hydrogens (primary N) is 1. The minimum atomic E-state index is -0.544. The van der Waals surface area contributed by atoms with Gasteiger partial charge >= 0.3 is 0 Å². The maximum absolute atomic E-state index is 12.4. The third-order valence-electron chi connectivity index (χ3n) is 2.98. The average Bonchev–Trinajstić information content (AvgIpc) is 2.79. The highest BCUT2D eigenvalue weighted by atomic mass is 32.2. The molecule has 0 aromatic heterocycles. The summed E-state index contributed by atoms with van der Waals surface area (Å²) in [5, 5.41) is 2.63. The number of thioether (sulfide) groups is 1. The second kappa shape index (κ2) is 4.34. The van der Waals surface area contributed by atoms with Crippen LogP contribution >= 0.6 is 11.8 Å². The molecule has 19 heavy (non-hydrogen) atoms. The molecule has 7 heteroatoms. The van der Waals surface area contributed by atoms with E-state index in [9.17, 15) is 9.59 Å². The lowest BCUT2D eigenvalue weighted by molar-refractivity contribution is -0.119. The topological polar surface area (TPSA) is 90.7 Å². The number of benzene rings is 1. The van der Waals surface area contributed by atoms with E-state index in [0.29, 0.717) is 33.4 Å². The predicted molar refractivity (Wildman–Crippen MR) is 69.6 cm³/mol. The number of ketones is 1. The van der Waals surface area contributed by atoms with Crippen LogP contribution in [0, 0.1) is 0 Å². The Balaban J connectivity index is 2.05. The summed E-state index contributed by atoms with van der Waals surface area (Å²) >= 11 is 1.44. The average molecular weight is 280 g/mol. The van der Waals surface area contributed by atoms with Crippen LogP contribution in [0.15, 0.2) is 11.0 Å². The van der Waals surface area contributed by atoms with E-state index in [4.69, 9.17) is 15.2 Å². The van der Waals surface area contributed by atoms with Crippen LogP contribution in [0.1, 0.15) is 17.3 Å². The molecule has 1 aromatic carbocycles. The summed E-state index contributed by atoms with van der Waals surface area (Å²) in [5.41, 5.74) is 6.68. The van der Waals surface area contributed by atoms with Crippen molar-refractivity contribution in [3.63, 3.8) is 0 Å². The zero-order valence-corrected chi connectivity index (χ0v) is 11.0. The van der Waals surface area contributed by atoms with Crippen LogP contribution in [0.25, 0.3) is 0 Å². The third-order valence-corrected chi connectivity index (χ3v) is 4.16. The molecule has 100 valence electrons. The van der Waals surface area contributed by atoms with Gasteiger partial charge in [-0.1, -0.05) is 0 Å². The number of carbonyl (C=O) groups excluding carboxylic acids is 2. The Bertz CT molecular complexity index is 588. The number of rotatable bonds is 1. The molecule has 1 amide bonds. The first-order valence-corrected chi connectivity index (χ1v) is 6.72. The first kappa shape index (κ1) is 12.2. The Morgan fingerprint density at radius 1 is 1.53 bits per heavy atom. The van der Waals surface area contributed by atoms with Crippen molar-refractivity contribution in [1.82, 2.24) is 5.32 Å². The summed E-state index contributed by atoms with van der Waals surface area (Å²) < 4.78 is 10.7. The number of amides is 1. The first-order chi connectivity index (χ1) is 9.08. The van der Waals surface area contributed by atoms with Gasteiger partial charge < -0.3 is 20.5 Å². The van der Waals surface area contributed by atoms with Crippen LogP contribution in [0.2, 0.25) is 0 Å². The summed E-state index contributed by atoms with van der Waals surface area (Å²) in [4.78, 5) is 24.2. The highest BCUT2D eigenvalue weighted by Crippen LogP contribution is 2.48. The van der Waals surface area contributed by atoms with Gasteiger partial charge in [-0.05, 0) is 0 Å². The molecule has 6 nitrogen and oxygen atoms in total. The molecule has 1 atom stereocenters.